The van der Waals surface area contributed by atoms with Gasteiger partial charge in [0, 0.05) is 11.6 Å². The standard InChI is InChI=1S/C15H21NO2.ClH/c1-6-14(17)18-11(2)12-9-7-8-10-13(12)15(3,4)16-5;/h6-11,16H,1H2,2-5H3;1H. The van der Waals surface area contributed by atoms with Crippen molar-refractivity contribution in [2.75, 3.05) is 7.05 Å². The molecule has 106 valence electrons. The molecule has 0 aliphatic rings. The molecule has 0 saturated carbocycles. The predicted molar refractivity (Wildman–Crippen MR) is 80.5 cm³/mol. The molecule has 1 aromatic rings. The van der Waals surface area contributed by atoms with Crippen LogP contribution in [0.25, 0.3) is 0 Å². The summed E-state index contributed by atoms with van der Waals surface area (Å²) in [6.45, 7) is 9.46. The van der Waals surface area contributed by atoms with Crippen molar-refractivity contribution in [3.8, 4) is 0 Å². The normalized spacial score (nSPS) is 12.2. The number of hydrogen-bond donors (Lipinski definition) is 1. The van der Waals surface area contributed by atoms with Crippen LogP contribution in [0.2, 0.25) is 0 Å². The molecule has 0 heterocycles. The zero-order valence-electron chi connectivity index (χ0n) is 11.9. The van der Waals surface area contributed by atoms with Crippen molar-refractivity contribution >= 4 is 18.4 Å². The molecule has 0 aliphatic heterocycles. The molecule has 4 heteroatoms. The molecule has 0 amide bonds. The maximum atomic E-state index is 11.3. The van der Waals surface area contributed by atoms with Gasteiger partial charge in [0.1, 0.15) is 6.10 Å². The Morgan fingerprint density at radius 2 is 2.00 bits per heavy atom. The van der Waals surface area contributed by atoms with E-state index >= 15 is 0 Å². The number of benzene rings is 1. The smallest absolute Gasteiger partial charge is 0.330 e. The lowest BCUT2D eigenvalue weighted by molar-refractivity contribution is -0.142. The Kier molecular flexibility index (Phi) is 6.81. The van der Waals surface area contributed by atoms with Gasteiger partial charge < -0.3 is 10.1 Å². The molecule has 1 aromatic carbocycles. The second-order valence-corrected chi connectivity index (χ2v) is 4.75. The number of rotatable bonds is 5. The Morgan fingerprint density at radius 3 is 2.53 bits per heavy atom. The van der Waals surface area contributed by atoms with Gasteiger partial charge in [0.15, 0.2) is 0 Å². The van der Waals surface area contributed by atoms with E-state index in [2.05, 4.69) is 25.7 Å². The van der Waals surface area contributed by atoms with Crippen molar-refractivity contribution < 1.29 is 9.53 Å². The molecule has 1 N–H and O–H groups in total. The third-order valence-electron chi connectivity index (χ3n) is 3.16. The first kappa shape index (κ1) is 17.7. The number of ether oxygens (including phenoxy) is 1. The van der Waals surface area contributed by atoms with E-state index in [4.69, 9.17) is 4.74 Å². The lowest BCUT2D eigenvalue weighted by Gasteiger charge is -2.29. The van der Waals surface area contributed by atoms with Gasteiger partial charge >= 0.3 is 5.97 Å². The van der Waals surface area contributed by atoms with Gasteiger partial charge in [-0.1, -0.05) is 30.8 Å². The van der Waals surface area contributed by atoms with Crippen molar-refractivity contribution in [3.63, 3.8) is 0 Å². The second kappa shape index (κ2) is 7.31. The Morgan fingerprint density at radius 1 is 1.42 bits per heavy atom. The van der Waals surface area contributed by atoms with Crippen LogP contribution in [0.3, 0.4) is 0 Å². The SMILES string of the molecule is C=CC(=O)OC(C)c1ccccc1C(C)(C)NC.Cl. The summed E-state index contributed by atoms with van der Waals surface area (Å²) >= 11 is 0. The summed E-state index contributed by atoms with van der Waals surface area (Å²) in [4.78, 5) is 11.3. The van der Waals surface area contributed by atoms with Crippen LogP contribution in [0.15, 0.2) is 36.9 Å². The minimum absolute atomic E-state index is 0. The zero-order chi connectivity index (χ0) is 13.8. The Labute approximate surface area is 121 Å². The first-order valence-corrected chi connectivity index (χ1v) is 6.03. The summed E-state index contributed by atoms with van der Waals surface area (Å²) in [7, 11) is 1.91. The highest BCUT2D eigenvalue weighted by Crippen LogP contribution is 2.29. The molecule has 1 unspecified atom stereocenters. The third-order valence-corrected chi connectivity index (χ3v) is 3.16. The van der Waals surface area contributed by atoms with Gasteiger partial charge in [-0.05, 0) is 38.9 Å². The van der Waals surface area contributed by atoms with Crippen molar-refractivity contribution in [1.82, 2.24) is 5.32 Å². The highest BCUT2D eigenvalue weighted by Gasteiger charge is 2.24. The van der Waals surface area contributed by atoms with Gasteiger partial charge in [0.05, 0.1) is 0 Å². The van der Waals surface area contributed by atoms with Crippen molar-refractivity contribution in [1.29, 1.82) is 0 Å². The van der Waals surface area contributed by atoms with E-state index in [1.165, 1.54) is 6.08 Å². The largest absolute Gasteiger partial charge is 0.455 e. The number of nitrogens with one attached hydrogen (secondary N) is 1. The van der Waals surface area contributed by atoms with E-state index < -0.39 is 5.97 Å². The van der Waals surface area contributed by atoms with Crippen LogP contribution in [-0.2, 0) is 15.1 Å². The predicted octanol–water partition coefficient (Wildman–Crippen LogP) is 3.35. The van der Waals surface area contributed by atoms with Crippen LogP contribution in [-0.4, -0.2) is 13.0 Å². The van der Waals surface area contributed by atoms with Gasteiger partial charge in [-0.3, -0.25) is 0 Å². The summed E-state index contributed by atoms with van der Waals surface area (Å²) in [6.07, 6.45) is 0.891. The fourth-order valence-electron chi connectivity index (χ4n) is 1.84. The van der Waals surface area contributed by atoms with E-state index in [1.807, 2.05) is 38.2 Å². The summed E-state index contributed by atoms with van der Waals surface area (Å²) in [6, 6.07) is 7.96. The van der Waals surface area contributed by atoms with Gasteiger partial charge in [0.2, 0.25) is 0 Å². The molecule has 0 radical (unpaired) electrons. The molecular weight excluding hydrogens is 262 g/mol. The maximum Gasteiger partial charge on any atom is 0.330 e. The van der Waals surface area contributed by atoms with Crippen LogP contribution in [0.1, 0.15) is 38.0 Å². The van der Waals surface area contributed by atoms with E-state index in [-0.39, 0.29) is 24.0 Å². The average molecular weight is 284 g/mol. The van der Waals surface area contributed by atoms with Crippen LogP contribution >= 0.6 is 12.4 Å². The van der Waals surface area contributed by atoms with Gasteiger partial charge in [0.25, 0.3) is 0 Å². The Hall–Kier alpha value is -1.32. The molecule has 1 atom stereocenters. The highest BCUT2D eigenvalue weighted by atomic mass is 35.5. The molecule has 19 heavy (non-hydrogen) atoms. The van der Waals surface area contributed by atoms with Crippen molar-refractivity contribution in [3.05, 3.63) is 48.0 Å². The van der Waals surface area contributed by atoms with Crippen LogP contribution < -0.4 is 5.32 Å². The van der Waals surface area contributed by atoms with Gasteiger partial charge in [-0.2, -0.15) is 0 Å². The number of hydrogen-bond acceptors (Lipinski definition) is 3. The molecule has 0 aromatic heterocycles. The third kappa shape index (κ3) is 4.37. The lowest BCUT2D eigenvalue weighted by atomic mass is 9.88. The number of halogens is 1. The number of carbonyl (C=O) groups excluding carboxylic acids is 1. The average Bonchev–Trinajstić information content (AvgIpc) is 2.38. The van der Waals surface area contributed by atoms with E-state index in [0.717, 1.165) is 11.1 Å². The first-order chi connectivity index (χ1) is 8.42. The summed E-state index contributed by atoms with van der Waals surface area (Å²) < 4.78 is 5.28. The van der Waals surface area contributed by atoms with Gasteiger partial charge in [-0.15, -0.1) is 12.4 Å². The maximum absolute atomic E-state index is 11.3. The number of carbonyl (C=O) groups is 1. The molecule has 3 nitrogen and oxygen atoms in total. The zero-order valence-corrected chi connectivity index (χ0v) is 12.7. The topological polar surface area (TPSA) is 38.3 Å². The molecule has 0 spiro atoms. The summed E-state index contributed by atoms with van der Waals surface area (Å²) in [5, 5.41) is 3.26. The molecule has 1 rings (SSSR count). The Balaban J connectivity index is 0.00000324. The minimum atomic E-state index is -0.403. The van der Waals surface area contributed by atoms with Crippen LogP contribution in [0, 0.1) is 0 Å². The molecule has 0 saturated heterocycles. The minimum Gasteiger partial charge on any atom is -0.455 e. The monoisotopic (exact) mass is 283 g/mol. The fraction of sp³-hybridized carbons (Fsp3) is 0.400. The lowest BCUT2D eigenvalue weighted by Crippen LogP contribution is -2.34. The van der Waals surface area contributed by atoms with E-state index in [9.17, 15) is 4.79 Å². The second-order valence-electron chi connectivity index (χ2n) is 4.75. The molecule has 0 bridgehead atoms. The molecular formula is C15H22ClNO2. The van der Waals surface area contributed by atoms with Crippen LogP contribution in [0.4, 0.5) is 0 Å². The Bertz CT molecular complexity index is 444. The highest BCUT2D eigenvalue weighted by molar-refractivity contribution is 5.85. The molecule has 0 aliphatic carbocycles. The fourth-order valence-corrected chi connectivity index (χ4v) is 1.84. The molecule has 0 fully saturated rings. The van der Waals surface area contributed by atoms with E-state index in [1.54, 1.807) is 0 Å². The summed E-state index contributed by atoms with van der Waals surface area (Å²) in [5.41, 5.74) is 1.95. The first-order valence-electron chi connectivity index (χ1n) is 6.03. The van der Waals surface area contributed by atoms with Crippen molar-refractivity contribution in [2.45, 2.75) is 32.4 Å². The van der Waals surface area contributed by atoms with Crippen LogP contribution in [0.5, 0.6) is 0 Å². The summed E-state index contributed by atoms with van der Waals surface area (Å²) in [5.74, 6) is -0.403. The van der Waals surface area contributed by atoms with Crippen molar-refractivity contribution in [2.24, 2.45) is 0 Å². The number of esters is 1. The van der Waals surface area contributed by atoms with Gasteiger partial charge in [-0.25, -0.2) is 4.79 Å². The van der Waals surface area contributed by atoms with E-state index in [0.29, 0.717) is 0 Å². The quantitative estimate of drug-likeness (QED) is 0.665.